The molecular formula is C16H33NNaO2. The van der Waals surface area contributed by atoms with Gasteiger partial charge in [0.15, 0.2) is 0 Å². The molecular weight excluding hydrogens is 261 g/mol. The fourth-order valence-corrected chi connectivity index (χ4v) is 2.23. The Hall–Kier alpha value is 0.430. The van der Waals surface area contributed by atoms with Gasteiger partial charge in [-0.2, -0.15) is 0 Å². The number of carbonyl (C=O) groups is 1. The van der Waals surface area contributed by atoms with Crippen LogP contribution in [0, 0.1) is 0 Å². The predicted octanol–water partition coefficient (Wildman–Crippen LogP) is 3.98. The van der Waals surface area contributed by atoms with Crippen LogP contribution in [0.1, 0.15) is 84.0 Å². The van der Waals surface area contributed by atoms with Crippen LogP contribution in [0.2, 0.25) is 0 Å². The van der Waals surface area contributed by atoms with Gasteiger partial charge in [0.2, 0.25) is 0 Å². The molecule has 0 aliphatic rings. The first kappa shape index (κ1) is 22.7. The maximum absolute atomic E-state index is 10.3. The van der Waals surface area contributed by atoms with Gasteiger partial charge in [-0.15, -0.1) is 0 Å². The molecule has 0 aliphatic carbocycles. The molecule has 3 nitrogen and oxygen atoms in total. The van der Waals surface area contributed by atoms with Gasteiger partial charge in [-0.25, -0.2) is 0 Å². The quantitative estimate of drug-likeness (QED) is 0.355. The first-order valence-electron chi connectivity index (χ1n) is 8.20. The van der Waals surface area contributed by atoms with Crippen molar-refractivity contribution in [2.75, 3.05) is 13.1 Å². The Labute approximate surface area is 147 Å². The zero-order chi connectivity index (χ0) is 14.2. The molecule has 0 saturated carbocycles. The Morgan fingerprint density at radius 1 is 0.800 bits per heavy atom. The maximum atomic E-state index is 10.3. The van der Waals surface area contributed by atoms with Crippen molar-refractivity contribution in [3.05, 3.63) is 0 Å². The molecule has 0 bridgehead atoms. The van der Waals surface area contributed by atoms with Crippen molar-refractivity contribution >= 4 is 35.5 Å². The van der Waals surface area contributed by atoms with Crippen LogP contribution < -0.4 is 5.32 Å². The number of carboxylic acid groups (broad SMARTS) is 1. The molecule has 0 fully saturated rings. The van der Waals surface area contributed by atoms with Gasteiger partial charge >= 0.3 is 5.97 Å². The molecule has 0 aromatic heterocycles. The first-order valence-corrected chi connectivity index (χ1v) is 8.20. The summed E-state index contributed by atoms with van der Waals surface area (Å²) in [5, 5.41) is 11.6. The van der Waals surface area contributed by atoms with Crippen molar-refractivity contribution in [3.8, 4) is 0 Å². The molecule has 2 N–H and O–H groups in total. The summed E-state index contributed by atoms with van der Waals surface area (Å²) in [5.74, 6) is -0.716. The van der Waals surface area contributed by atoms with Gasteiger partial charge < -0.3 is 10.4 Å². The second kappa shape index (κ2) is 19.4. The third-order valence-electron chi connectivity index (χ3n) is 3.47. The van der Waals surface area contributed by atoms with Crippen molar-refractivity contribution in [1.82, 2.24) is 5.32 Å². The third kappa shape index (κ3) is 20.7. The average molecular weight is 294 g/mol. The van der Waals surface area contributed by atoms with Gasteiger partial charge in [0.25, 0.3) is 0 Å². The SMILES string of the molecule is CCCCCCCCCCCCCNCCC(=O)O.[Na]. The first-order chi connectivity index (χ1) is 9.27. The van der Waals surface area contributed by atoms with Gasteiger partial charge in [0.1, 0.15) is 0 Å². The van der Waals surface area contributed by atoms with E-state index in [1.165, 1.54) is 70.6 Å². The Morgan fingerprint density at radius 2 is 1.25 bits per heavy atom. The zero-order valence-corrected chi connectivity index (χ0v) is 15.8. The van der Waals surface area contributed by atoms with E-state index in [0.717, 1.165) is 6.54 Å². The Balaban J connectivity index is 0. The second-order valence-electron chi connectivity index (χ2n) is 5.43. The fraction of sp³-hybridized carbons (Fsp3) is 0.938. The third-order valence-corrected chi connectivity index (χ3v) is 3.47. The van der Waals surface area contributed by atoms with E-state index in [2.05, 4.69) is 12.2 Å². The van der Waals surface area contributed by atoms with Gasteiger partial charge in [-0.05, 0) is 13.0 Å². The van der Waals surface area contributed by atoms with Crippen LogP contribution in [0.25, 0.3) is 0 Å². The van der Waals surface area contributed by atoms with Crippen molar-refractivity contribution in [2.24, 2.45) is 0 Å². The van der Waals surface area contributed by atoms with Crippen LogP contribution in [0.4, 0.5) is 0 Å². The monoisotopic (exact) mass is 294 g/mol. The predicted molar refractivity (Wildman–Crippen MR) is 87.3 cm³/mol. The number of rotatable bonds is 15. The molecule has 0 aliphatic heterocycles. The van der Waals surface area contributed by atoms with E-state index in [9.17, 15) is 4.79 Å². The van der Waals surface area contributed by atoms with E-state index in [-0.39, 0.29) is 36.0 Å². The van der Waals surface area contributed by atoms with Crippen molar-refractivity contribution < 1.29 is 9.90 Å². The standard InChI is InChI=1S/C16H33NO2.Na/c1-2-3-4-5-6-7-8-9-10-11-12-14-17-15-13-16(18)19;/h17H,2-15H2,1H3,(H,18,19);. The molecule has 0 heterocycles. The van der Waals surface area contributed by atoms with Crippen molar-refractivity contribution in [1.29, 1.82) is 0 Å². The Bertz CT molecular complexity index is 201. The van der Waals surface area contributed by atoms with Crippen LogP contribution in [0.5, 0.6) is 0 Å². The minimum Gasteiger partial charge on any atom is -0.481 e. The number of carboxylic acids is 1. The van der Waals surface area contributed by atoms with Crippen molar-refractivity contribution in [3.63, 3.8) is 0 Å². The Kier molecular flexibility index (Phi) is 22.1. The smallest absolute Gasteiger partial charge is 0.304 e. The van der Waals surface area contributed by atoms with E-state index < -0.39 is 5.97 Å². The topological polar surface area (TPSA) is 49.3 Å². The summed E-state index contributed by atoms with van der Waals surface area (Å²) in [4.78, 5) is 10.3. The fourth-order valence-electron chi connectivity index (χ4n) is 2.23. The molecule has 0 rings (SSSR count). The van der Waals surface area contributed by atoms with Crippen LogP contribution in [-0.2, 0) is 4.79 Å². The Morgan fingerprint density at radius 3 is 1.70 bits per heavy atom. The number of unbranched alkanes of at least 4 members (excludes halogenated alkanes) is 10. The summed E-state index contributed by atoms with van der Waals surface area (Å²) in [7, 11) is 0. The normalized spacial score (nSPS) is 10.2. The molecule has 0 saturated heterocycles. The molecule has 0 aromatic rings. The molecule has 4 heteroatoms. The zero-order valence-electron chi connectivity index (χ0n) is 13.8. The van der Waals surface area contributed by atoms with E-state index in [0.29, 0.717) is 6.54 Å². The van der Waals surface area contributed by atoms with E-state index in [4.69, 9.17) is 5.11 Å². The molecule has 0 atom stereocenters. The summed E-state index contributed by atoms with van der Waals surface area (Å²) in [6.45, 7) is 3.83. The van der Waals surface area contributed by atoms with E-state index in [1.54, 1.807) is 0 Å². The average Bonchev–Trinajstić information content (AvgIpc) is 2.39. The number of hydrogen-bond acceptors (Lipinski definition) is 2. The summed E-state index contributed by atoms with van der Waals surface area (Å²) in [5.41, 5.74) is 0. The number of hydrogen-bond donors (Lipinski definition) is 2. The minimum absolute atomic E-state index is 0. The maximum Gasteiger partial charge on any atom is 0.304 e. The number of nitrogens with one attached hydrogen (secondary N) is 1. The second-order valence-corrected chi connectivity index (χ2v) is 5.43. The molecule has 0 aromatic carbocycles. The number of aliphatic carboxylic acids is 1. The van der Waals surface area contributed by atoms with Gasteiger partial charge in [-0.3, -0.25) is 4.79 Å². The minimum atomic E-state index is -0.716. The molecule has 0 unspecified atom stereocenters. The molecule has 1 radical (unpaired) electrons. The van der Waals surface area contributed by atoms with Crippen LogP contribution >= 0.6 is 0 Å². The van der Waals surface area contributed by atoms with Crippen LogP contribution in [0.15, 0.2) is 0 Å². The summed E-state index contributed by atoms with van der Waals surface area (Å²) >= 11 is 0. The largest absolute Gasteiger partial charge is 0.481 e. The summed E-state index contributed by atoms with van der Waals surface area (Å²) in [6.07, 6.45) is 15.1. The molecule has 115 valence electrons. The van der Waals surface area contributed by atoms with Crippen LogP contribution in [0.3, 0.4) is 0 Å². The summed E-state index contributed by atoms with van der Waals surface area (Å²) < 4.78 is 0. The summed E-state index contributed by atoms with van der Waals surface area (Å²) in [6, 6.07) is 0. The van der Waals surface area contributed by atoms with Gasteiger partial charge in [0.05, 0.1) is 6.42 Å². The van der Waals surface area contributed by atoms with Gasteiger partial charge in [-0.1, -0.05) is 71.1 Å². The molecule has 0 amide bonds. The van der Waals surface area contributed by atoms with E-state index in [1.807, 2.05) is 0 Å². The van der Waals surface area contributed by atoms with Gasteiger partial charge in [0, 0.05) is 36.1 Å². The van der Waals surface area contributed by atoms with Crippen molar-refractivity contribution in [2.45, 2.75) is 84.0 Å². The molecule has 20 heavy (non-hydrogen) atoms. The molecule has 0 spiro atoms. The van der Waals surface area contributed by atoms with Crippen LogP contribution in [-0.4, -0.2) is 53.7 Å². The van der Waals surface area contributed by atoms with E-state index >= 15 is 0 Å².